The minimum atomic E-state index is -0.973. The minimum Gasteiger partial charge on any atom is -0.489 e. The molecule has 1 unspecified atom stereocenters. The van der Waals surface area contributed by atoms with Gasteiger partial charge in [-0.2, -0.15) is 15.2 Å². The van der Waals surface area contributed by atoms with Crippen LogP contribution in [0.3, 0.4) is 0 Å². The first kappa shape index (κ1) is 34.0. The van der Waals surface area contributed by atoms with Gasteiger partial charge in [-0.3, -0.25) is 9.69 Å². The van der Waals surface area contributed by atoms with E-state index in [1.54, 1.807) is 11.8 Å². The normalized spacial score (nSPS) is 23.8. The number of likely N-dealkylation sites (tertiary alicyclic amines) is 1. The van der Waals surface area contributed by atoms with Crippen molar-refractivity contribution in [2.75, 3.05) is 63.7 Å². The summed E-state index contributed by atoms with van der Waals surface area (Å²) in [6.07, 6.45) is 1.01. The number of nitriles is 1. The van der Waals surface area contributed by atoms with Gasteiger partial charge in [0.25, 0.3) is 5.91 Å². The van der Waals surface area contributed by atoms with Crippen LogP contribution < -0.4 is 20.1 Å². The highest BCUT2D eigenvalue weighted by atomic mass is 35.5. The number of anilines is 2. The largest absolute Gasteiger partial charge is 0.489 e. The van der Waals surface area contributed by atoms with Crippen LogP contribution >= 0.6 is 22.9 Å². The van der Waals surface area contributed by atoms with Gasteiger partial charge in [-0.1, -0.05) is 17.7 Å². The van der Waals surface area contributed by atoms with E-state index in [0.29, 0.717) is 44.8 Å². The molecule has 4 aliphatic heterocycles. The lowest BCUT2D eigenvalue weighted by Crippen LogP contribution is -2.44. The molecule has 0 radical (unpaired) electrons. The molecule has 2 aromatic carbocycles. The zero-order chi connectivity index (χ0) is 35.8. The van der Waals surface area contributed by atoms with Crippen LogP contribution in [0, 0.1) is 23.0 Å². The smallest absolute Gasteiger partial charge is 0.319 e. The second-order valence-corrected chi connectivity index (χ2v) is 15.1. The van der Waals surface area contributed by atoms with Crippen molar-refractivity contribution in [1.82, 2.24) is 19.8 Å². The summed E-state index contributed by atoms with van der Waals surface area (Å²) in [6, 6.07) is 4.25. The zero-order valence-corrected chi connectivity index (χ0v) is 29.6. The third-order valence-corrected chi connectivity index (χ3v) is 12.2. The summed E-state index contributed by atoms with van der Waals surface area (Å²) >= 11 is 7.94. The molecule has 3 saturated heterocycles. The maximum Gasteiger partial charge on any atom is 0.319 e. The first-order chi connectivity index (χ1) is 24.5. The predicted octanol–water partition coefficient (Wildman–Crippen LogP) is 5.69. The number of halogens is 4. The number of rotatable bonds is 7. The van der Waals surface area contributed by atoms with Crippen LogP contribution in [-0.4, -0.2) is 103 Å². The molecule has 0 saturated carbocycles. The zero-order valence-electron chi connectivity index (χ0n) is 28.0. The van der Waals surface area contributed by atoms with E-state index in [2.05, 4.69) is 9.88 Å². The number of aromatic nitrogens is 2. The van der Waals surface area contributed by atoms with E-state index >= 15 is 8.78 Å². The number of carbonyl (C=O) groups is 1. The number of fused-ring (bicyclic) bond motifs is 2. The molecule has 1 amide bonds. The molecule has 4 aliphatic rings. The summed E-state index contributed by atoms with van der Waals surface area (Å²) in [4.78, 5) is 28.3. The summed E-state index contributed by atoms with van der Waals surface area (Å²) in [5.41, 5.74) is 5.48. The number of alkyl halides is 1. The van der Waals surface area contributed by atoms with E-state index in [1.807, 2.05) is 11.0 Å². The number of benzene rings is 2. The molecule has 3 fully saturated rings. The van der Waals surface area contributed by atoms with Crippen molar-refractivity contribution in [2.24, 2.45) is 0 Å². The van der Waals surface area contributed by atoms with Crippen molar-refractivity contribution in [3.63, 3.8) is 0 Å². The molecule has 51 heavy (non-hydrogen) atoms. The molecule has 268 valence electrons. The molecule has 0 bridgehead atoms. The van der Waals surface area contributed by atoms with Crippen molar-refractivity contribution in [3.8, 4) is 29.0 Å². The van der Waals surface area contributed by atoms with Gasteiger partial charge in [-0.15, -0.1) is 11.3 Å². The average molecular weight is 742 g/mol. The number of thiophene rings is 1. The molecule has 2 aromatic heterocycles. The number of nitrogens with zero attached hydrogens (tertiary/aromatic N) is 6. The molecule has 6 heterocycles. The van der Waals surface area contributed by atoms with Crippen molar-refractivity contribution in [1.29, 1.82) is 5.26 Å². The maximum atomic E-state index is 17.3. The van der Waals surface area contributed by atoms with Crippen LogP contribution in [0.15, 0.2) is 12.1 Å². The van der Waals surface area contributed by atoms with E-state index in [0.717, 1.165) is 30.7 Å². The summed E-state index contributed by atoms with van der Waals surface area (Å²) in [5, 5.41) is 10.3. The molecule has 0 aliphatic carbocycles. The number of carbonyl (C=O) groups excluding carboxylic acids is 1. The van der Waals surface area contributed by atoms with E-state index in [4.69, 9.17) is 36.5 Å². The number of amides is 1. The molecule has 11 nitrogen and oxygen atoms in total. The second-order valence-electron chi connectivity index (χ2n) is 13.6. The molecule has 16 heteroatoms. The Hall–Kier alpha value is -4.10. The Morgan fingerprint density at radius 1 is 1.25 bits per heavy atom. The Morgan fingerprint density at radius 3 is 2.86 bits per heavy atom. The Bertz CT molecular complexity index is 2130. The van der Waals surface area contributed by atoms with Crippen LogP contribution in [-0.2, 0) is 9.53 Å². The molecule has 2 N–H and O–H groups in total. The topological polar surface area (TPSA) is 130 Å². The summed E-state index contributed by atoms with van der Waals surface area (Å²) < 4.78 is 64.9. The van der Waals surface area contributed by atoms with E-state index < -0.39 is 29.4 Å². The number of ether oxygens (including phenoxy) is 3. The van der Waals surface area contributed by atoms with Gasteiger partial charge in [0.1, 0.15) is 53.7 Å². The first-order valence-corrected chi connectivity index (χ1v) is 18.1. The SMILES string of the molecule is CO[C@@H](C)C(=O)N1CCC(N2CCOc3c(Cl)c(-c4ccc(F)c5sc(N)c(C#N)c45)c(F)c4nc(OC[C@@]56CCCN5C[C@H](F)C6)nc2c34)C1. The summed E-state index contributed by atoms with van der Waals surface area (Å²) in [5.74, 6) is -1.14. The standard InChI is InChI=1S/C35H35ClF3N7O4S/c1-17(48-2)33(47)44-9-6-19(15-44)46-10-11-49-29-25-28(42-34(43-32(25)46)50-16-35-7-3-8-45(35)14-18(37)12-35)27(39)24(26(29)36)20-4-5-22(38)30-23(20)21(13-40)31(41)51-30/h4-5,17-19H,3,6-12,14-16,41H2,1-2H3/t17-,18+,19?,35-/m0/s1. The van der Waals surface area contributed by atoms with Gasteiger partial charge in [0.2, 0.25) is 0 Å². The lowest BCUT2D eigenvalue weighted by atomic mass is 9.95. The summed E-state index contributed by atoms with van der Waals surface area (Å²) in [7, 11) is 1.49. The first-order valence-electron chi connectivity index (χ1n) is 16.9. The Kier molecular flexibility index (Phi) is 8.56. The van der Waals surface area contributed by atoms with E-state index in [-0.39, 0.29) is 84.6 Å². The Morgan fingerprint density at radius 2 is 2.08 bits per heavy atom. The minimum absolute atomic E-state index is 0.0108. The number of hydrogen-bond acceptors (Lipinski definition) is 11. The van der Waals surface area contributed by atoms with Crippen LogP contribution in [0.25, 0.3) is 32.1 Å². The van der Waals surface area contributed by atoms with Crippen LogP contribution in [0.1, 0.15) is 38.2 Å². The maximum absolute atomic E-state index is 17.3. The number of hydrogen-bond donors (Lipinski definition) is 1. The Labute approximate surface area is 300 Å². The highest BCUT2D eigenvalue weighted by molar-refractivity contribution is 7.23. The van der Waals surface area contributed by atoms with Gasteiger partial charge in [-0.05, 0) is 44.4 Å². The van der Waals surface area contributed by atoms with Gasteiger partial charge < -0.3 is 29.7 Å². The number of methoxy groups -OCH3 is 1. The van der Waals surface area contributed by atoms with Crippen LogP contribution in [0.5, 0.6) is 11.8 Å². The average Bonchev–Trinajstić information content (AvgIpc) is 3.87. The third kappa shape index (κ3) is 5.41. The highest BCUT2D eigenvalue weighted by Gasteiger charge is 2.49. The van der Waals surface area contributed by atoms with Crippen LogP contribution in [0.2, 0.25) is 5.02 Å². The fourth-order valence-electron chi connectivity index (χ4n) is 8.30. The quantitative estimate of drug-likeness (QED) is 0.252. The van der Waals surface area contributed by atoms with Gasteiger partial charge >= 0.3 is 6.01 Å². The lowest BCUT2D eigenvalue weighted by molar-refractivity contribution is -0.139. The molecule has 0 spiro atoms. The van der Waals surface area contributed by atoms with Crippen molar-refractivity contribution in [3.05, 3.63) is 34.4 Å². The van der Waals surface area contributed by atoms with Gasteiger partial charge in [-0.25, -0.2) is 13.2 Å². The van der Waals surface area contributed by atoms with Gasteiger partial charge in [0, 0.05) is 50.2 Å². The van der Waals surface area contributed by atoms with Gasteiger partial charge in [0.15, 0.2) is 11.6 Å². The molecule has 4 aromatic rings. The third-order valence-electron chi connectivity index (χ3n) is 10.8. The number of nitrogen functional groups attached to an aromatic ring is 1. The summed E-state index contributed by atoms with van der Waals surface area (Å²) in [6.45, 7) is 4.23. The molecular weight excluding hydrogens is 707 g/mol. The fraction of sp³-hybridized carbons (Fsp3) is 0.486. The van der Waals surface area contributed by atoms with E-state index in [1.165, 1.54) is 19.2 Å². The van der Waals surface area contributed by atoms with Crippen LogP contribution in [0.4, 0.5) is 24.0 Å². The molecule has 4 atom stereocenters. The highest BCUT2D eigenvalue weighted by Crippen LogP contribution is 2.51. The number of nitrogens with two attached hydrogens (primary N) is 1. The molecular formula is C35H35ClF3N7O4S. The monoisotopic (exact) mass is 741 g/mol. The second kappa shape index (κ2) is 12.8. The van der Waals surface area contributed by atoms with Crippen molar-refractivity contribution in [2.45, 2.75) is 56.5 Å². The lowest BCUT2D eigenvalue weighted by Gasteiger charge is -2.32. The van der Waals surface area contributed by atoms with Gasteiger partial charge in [0.05, 0.1) is 32.8 Å². The van der Waals surface area contributed by atoms with Crippen molar-refractivity contribution >= 4 is 60.7 Å². The van der Waals surface area contributed by atoms with E-state index in [9.17, 15) is 14.4 Å². The predicted molar refractivity (Wildman–Crippen MR) is 187 cm³/mol. The molecule has 8 rings (SSSR count). The van der Waals surface area contributed by atoms with Crippen molar-refractivity contribution < 1.29 is 32.2 Å². The Balaban J connectivity index is 1.30. The fourth-order valence-corrected chi connectivity index (χ4v) is 9.58.